The molecule has 0 atom stereocenters. The highest BCUT2D eigenvalue weighted by Gasteiger charge is 2.05. The number of Topliss-reactive ketones (excluding diaryl/α,β-unsaturated/α-hetero) is 1. The maximum absolute atomic E-state index is 12.7. The molecule has 0 fully saturated rings. The van der Waals surface area contributed by atoms with Gasteiger partial charge in [0.25, 0.3) is 0 Å². The highest BCUT2D eigenvalue weighted by molar-refractivity contribution is 5.97. The molecule has 2 heteroatoms. The van der Waals surface area contributed by atoms with Gasteiger partial charge in [-0.15, -0.1) is 0 Å². The maximum atomic E-state index is 12.7. The van der Waals surface area contributed by atoms with Crippen LogP contribution in [-0.2, 0) is 0 Å². The summed E-state index contributed by atoms with van der Waals surface area (Å²) in [6.45, 7) is 5.40. The van der Waals surface area contributed by atoms with Gasteiger partial charge in [-0.25, -0.2) is 4.39 Å². The Kier molecular flexibility index (Phi) is 2.96. The van der Waals surface area contributed by atoms with Crippen LogP contribution in [0.2, 0.25) is 0 Å². The van der Waals surface area contributed by atoms with Crippen molar-refractivity contribution in [3.8, 4) is 0 Å². The summed E-state index contributed by atoms with van der Waals surface area (Å²) in [7, 11) is 0. The molecule has 0 saturated carbocycles. The van der Waals surface area contributed by atoms with Crippen molar-refractivity contribution in [3.63, 3.8) is 0 Å². The average Bonchev–Trinajstić information content (AvgIpc) is 2.03. The van der Waals surface area contributed by atoms with Gasteiger partial charge in [-0.05, 0) is 19.1 Å². The van der Waals surface area contributed by atoms with Gasteiger partial charge in [0.1, 0.15) is 5.82 Å². The van der Waals surface area contributed by atoms with Crippen LogP contribution in [-0.4, -0.2) is 5.78 Å². The second-order valence-corrected chi connectivity index (χ2v) is 3.07. The molecule has 0 aliphatic carbocycles. The lowest BCUT2D eigenvalue weighted by Gasteiger charge is -1.99. The summed E-state index contributed by atoms with van der Waals surface area (Å²) < 4.78 is 12.7. The van der Waals surface area contributed by atoms with Crippen molar-refractivity contribution in [2.45, 2.75) is 13.3 Å². The van der Waals surface area contributed by atoms with E-state index < -0.39 is 0 Å². The Labute approximate surface area is 76.9 Å². The molecule has 0 amide bonds. The van der Waals surface area contributed by atoms with Crippen LogP contribution in [0.3, 0.4) is 0 Å². The van der Waals surface area contributed by atoms with Crippen LogP contribution in [0.1, 0.15) is 23.7 Å². The first-order valence-electron chi connectivity index (χ1n) is 4.03. The van der Waals surface area contributed by atoms with Gasteiger partial charge in [-0.2, -0.15) is 0 Å². The summed E-state index contributed by atoms with van der Waals surface area (Å²) in [4.78, 5) is 11.4. The zero-order valence-corrected chi connectivity index (χ0v) is 7.51. The number of allylic oxidation sites excluding steroid dienone is 1. The Morgan fingerprint density at radius 3 is 2.77 bits per heavy atom. The Morgan fingerprint density at radius 2 is 2.23 bits per heavy atom. The molecular weight excluding hydrogens is 167 g/mol. The van der Waals surface area contributed by atoms with E-state index in [1.165, 1.54) is 18.2 Å². The molecule has 1 aromatic carbocycles. The summed E-state index contributed by atoms with van der Waals surface area (Å²) in [5.41, 5.74) is 1.19. The smallest absolute Gasteiger partial charge is 0.166 e. The second-order valence-electron chi connectivity index (χ2n) is 3.07. The Morgan fingerprint density at radius 1 is 1.54 bits per heavy atom. The summed E-state index contributed by atoms with van der Waals surface area (Å²) in [6, 6.07) is 5.69. The van der Waals surface area contributed by atoms with Crippen LogP contribution in [0.15, 0.2) is 36.4 Å². The number of carbonyl (C=O) groups excluding carboxylic acids is 1. The lowest BCUT2D eigenvalue weighted by molar-refractivity contribution is 0.0992. The van der Waals surface area contributed by atoms with E-state index >= 15 is 0 Å². The molecule has 0 unspecified atom stereocenters. The van der Waals surface area contributed by atoms with Crippen LogP contribution >= 0.6 is 0 Å². The van der Waals surface area contributed by atoms with Crippen molar-refractivity contribution in [3.05, 3.63) is 47.8 Å². The van der Waals surface area contributed by atoms with Crippen molar-refractivity contribution in [1.29, 1.82) is 0 Å². The van der Waals surface area contributed by atoms with Crippen molar-refractivity contribution in [2.24, 2.45) is 0 Å². The summed E-state index contributed by atoms with van der Waals surface area (Å²) in [5, 5.41) is 0. The second kappa shape index (κ2) is 3.99. The fourth-order valence-corrected chi connectivity index (χ4v) is 1.04. The van der Waals surface area contributed by atoms with Gasteiger partial charge in [-0.1, -0.05) is 24.3 Å². The molecule has 0 N–H and O–H groups in total. The number of carbonyl (C=O) groups is 1. The molecule has 0 aliphatic rings. The number of halogens is 1. The zero-order valence-electron chi connectivity index (χ0n) is 7.51. The van der Waals surface area contributed by atoms with E-state index in [-0.39, 0.29) is 18.0 Å². The molecule has 0 aliphatic heterocycles. The quantitative estimate of drug-likeness (QED) is 0.513. The molecule has 0 bridgehead atoms. The predicted molar refractivity (Wildman–Crippen MR) is 50.2 cm³/mol. The molecule has 13 heavy (non-hydrogen) atoms. The molecular formula is C11H11FO. The third-order valence-electron chi connectivity index (χ3n) is 1.61. The SMILES string of the molecule is C=C(C)CC(=O)c1cccc(F)c1. The zero-order chi connectivity index (χ0) is 9.84. The summed E-state index contributed by atoms with van der Waals surface area (Å²) >= 11 is 0. The highest BCUT2D eigenvalue weighted by Crippen LogP contribution is 2.09. The maximum Gasteiger partial charge on any atom is 0.166 e. The van der Waals surface area contributed by atoms with Gasteiger partial charge in [-0.3, -0.25) is 4.79 Å². The number of rotatable bonds is 3. The summed E-state index contributed by atoms with van der Waals surface area (Å²) in [6.07, 6.45) is 0.281. The molecule has 0 spiro atoms. The van der Waals surface area contributed by atoms with Gasteiger partial charge in [0, 0.05) is 12.0 Å². The average molecular weight is 178 g/mol. The Hall–Kier alpha value is -1.44. The number of hydrogen-bond acceptors (Lipinski definition) is 1. The Bertz CT molecular complexity index is 342. The van der Waals surface area contributed by atoms with Crippen LogP contribution in [0.5, 0.6) is 0 Å². The third-order valence-corrected chi connectivity index (χ3v) is 1.61. The number of hydrogen-bond donors (Lipinski definition) is 0. The first-order valence-corrected chi connectivity index (χ1v) is 4.03. The fraction of sp³-hybridized carbons (Fsp3) is 0.182. The van der Waals surface area contributed by atoms with Crippen LogP contribution < -0.4 is 0 Å². The minimum absolute atomic E-state index is 0.0907. The van der Waals surface area contributed by atoms with Crippen molar-refractivity contribution in [2.75, 3.05) is 0 Å². The number of ketones is 1. The molecule has 1 nitrogen and oxygen atoms in total. The first-order chi connectivity index (χ1) is 6.09. The van der Waals surface area contributed by atoms with E-state index in [1.807, 2.05) is 0 Å². The molecule has 1 rings (SSSR count). The van der Waals surface area contributed by atoms with Crippen molar-refractivity contribution >= 4 is 5.78 Å². The normalized spacial score (nSPS) is 9.69. The van der Waals surface area contributed by atoms with Gasteiger partial charge >= 0.3 is 0 Å². The molecule has 1 aromatic rings. The standard InChI is InChI=1S/C11H11FO/c1-8(2)6-11(13)9-4-3-5-10(12)7-9/h3-5,7H,1,6H2,2H3. The Balaban J connectivity index is 2.83. The van der Waals surface area contributed by atoms with E-state index in [9.17, 15) is 9.18 Å². The van der Waals surface area contributed by atoms with E-state index in [1.54, 1.807) is 13.0 Å². The monoisotopic (exact) mass is 178 g/mol. The highest BCUT2D eigenvalue weighted by atomic mass is 19.1. The fourth-order valence-electron chi connectivity index (χ4n) is 1.04. The molecule has 0 aromatic heterocycles. The summed E-state index contributed by atoms with van der Waals surface area (Å²) in [5.74, 6) is -0.473. The predicted octanol–water partition coefficient (Wildman–Crippen LogP) is 2.97. The van der Waals surface area contributed by atoms with Crippen molar-refractivity contribution in [1.82, 2.24) is 0 Å². The topological polar surface area (TPSA) is 17.1 Å². The lowest BCUT2D eigenvalue weighted by Crippen LogP contribution is -1.99. The van der Waals surface area contributed by atoms with Gasteiger partial charge in [0.2, 0.25) is 0 Å². The minimum Gasteiger partial charge on any atom is -0.294 e. The van der Waals surface area contributed by atoms with Gasteiger partial charge in [0.15, 0.2) is 5.78 Å². The van der Waals surface area contributed by atoms with Crippen molar-refractivity contribution < 1.29 is 9.18 Å². The van der Waals surface area contributed by atoms with Crippen LogP contribution in [0, 0.1) is 5.82 Å². The largest absolute Gasteiger partial charge is 0.294 e. The number of benzene rings is 1. The van der Waals surface area contributed by atoms with E-state index in [4.69, 9.17) is 0 Å². The van der Waals surface area contributed by atoms with Gasteiger partial charge in [0.05, 0.1) is 0 Å². The molecule has 0 radical (unpaired) electrons. The van der Waals surface area contributed by atoms with E-state index in [2.05, 4.69) is 6.58 Å². The molecule has 0 heterocycles. The van der Waals surface area contributed by atoms with Crippen LogP contribution in [0.4, 0.5) is 4.39 Å². The van der Waals surface area contributed by atoms with E-state index in [0.29, 0.717) is 5.56 Å². The molecule has 68 valence electrons. The first kappa shape index (κ1) is 9.65. The molecule has 0 saturated heterocycles. The van der Waals surface area contributed by atoms with Crippen LogP contribution in [0.25, 0.3) is 0 Å². The minimum atomic E-state index is -0.382. The third kappa shape index (κ3) is 2.82. The van der Waals surface area contributed by atoms with E-state index in [0.717, 1.165) is 5.57 Å². The van der Waals surface area contributed by atoms with Gasteiger partial charge < -0.3 is 0 Å². The lowest BCUT2D eigenvalue weighted by atomic mass is 10.1.